The summed E-state index contributed by atoms with van der Waals surface area (Å²) in [6, 6.07) is 2.64. The van der Waals surface area contributed by atoms with Crippen molar-refractivity contribution < 1.29 is 32.9 Å². The lowest BCUT2D eigenvalue weighted by Gasteiger charge is -2.30. The molecule has 4 nitrogen and oxygen atoms in total. The fourth-order valence-electron chi connectivity index (χ4n) is 2.24. The number of carboxylic acid groups (broad SMARTS) is 1. The Balaban J connectivity index is 2.61. The number of fused-ring (bicyclic) bond motifs is 1. The molecule has 1 aromatic carbocycles. The van der Waals surface area contributed by atoms with E-state index < -0.39 is 29.2 Å². The van der Waals surface area contributed by atoms with Crippen molar-refractivity contribution in [2.24, 2.45) is 0 Å². The molecule has 1 aliphatic rings. The second kappa shape index (κ2) is 5.72. The van der Waals surface area contributed by atoms with E-state index in [9.17, 15) is 23.1 Å². The third kappa shape index (κ3) is 3.30. The largest absolute Gasteiger partial charge is 0.478 e. The van der Waals surface area contributed by atoms with Gasteiger partial charge in [0.25, 0.3) is 0 Å². The first kappa shape index (κ1) is 17.6. The predicted molar refractivity (Wildman–Crippen MR) is 77.6 cm³/mol. The van der Waals surface area contributed by atoms with Crippen LogP contribution in [0.5, 0.6) is 5.75 Å². The summed E-state index contributed by atoms with van der Waals surface area (Å²) in [6.07, 6.45) is -6.52. The van der Waals surface area contributed by atoms with Crippen molar-refractivity contribution in [3.8, 4) is 5.75 Å². The van der Waals surface area contributed by atoms with Crippen LogP contribution >= 0.6 is 11.6 Å². The maximum atomic E-state index is 13.0. The zero-order valence-corrected chi connectivity index (χ0v) is 13.0. The van der Waals surface area contributed by atoms with Gasteiger partial charge >= 0.3 is 12.1 Å². The highest BCUT2D eigenvalue weighted by Gasteiger charge is 2.48. The fourth-order valence-corrected chi connectivity index (χ4v) is 2.67. The highest BCUT2D eigenvalue weighted by atomic mass is 35.5. The molecule has 1 atom stereocenters. The number of alkyl halides is 3. The van der Waals surface area contributed by atoms with Crippen LogP contribution in [0, 0.1) is 0 Å². The molecule has 0 aromatic heterocycles. The van der Waals surface area contributed by atoms with E-state index in [1.54, 1.807) is 13.8 Å². The number of carbonyl (C=O) groups is 1. The first-order chi connectivity index (χ1) is 10.5. The maximum Gasteiger partial charge on any atom is 0.430 e. The second-order valence-corrected chi connectivity index (χ2v) is 6.26. The molecule has 23 heavy (non-hydrogen) atoms. The Morgan fingerprint density at radius 1 is 1.35 bits per heavy atom. The quantitative estimate of drug-likeness (QED) is 0.876. The third-order valence-corrected chi connectivity index (χ3v) is 3.92. The van der Waals surface area contributed by atoms with Crippen LogP contribution in [0.3, 0.4) is 0 Å². The van der Waals surface area contributed by atoms with E-state index in [-0.39, 0.29) is 22.9 Å². The Labute approximate surface area is 135 Å². The molecule has 0 saturated heterocycles. The molecule has 0 fully saturated rings. The minimum absolute atomic E-state index is 0.127. The van der Waals surface area contributed by atoms with E-state index in [0.29, 0.717) is 5.56 Å². The number of hydrogen-bond donors (Lipinski definition) is 2. The van der Waals surface area contributed by atoms with E-state index >= 15 is 0 Å². The summed E-state index contributed by atoms with van der Waals surface area (Å²) in [7, 11) is 0. The standard InChI is InChI=1S/C15H14ClF3O4/c1-14(2,6-20)9-5-11-7(4-10(9)16)3-8(13(21)22)12(23-11)15(17,18)19/h3-5,12,20H,6H2,1-2H3,(H,21,22)/t12-/m0/s1. The van der Waals surface area contributed by atoms with Gasteiger partial charge in [0.2, 0.25) is 6.10 Å². The molecule has 2 N–H and O–H groups in total. The summed E-state index contributed by atoms with van der Waals surface area (Å²) in [5, 5.41) is 18.6. The Kier molecular flexibility index (Phi) is 4.38. The molecule has 1 aliphatic heterocycles. The monoisotopic (exact) mass is 350 g/mol. The van der Waals surface area contributed by atoms with E-state index in [4.69, 9.17) is 21.4 Å². The van der Waals surface area contributed by atoms with Gasteiger partial charge in [-0.15, -0.1) is 0 Å². The number of halogens is 4. The SMILES string of the molecule is CC(C)(CO)c1cc2c(cc1Cl)C=C(C(=O)O)[C@@H](C(F)(F)F)O2. The molecule has 0 unspecified atom stereocenters. The summed E-state index contributed by atoms with van der Waals surface area (Å²) in [6.45, 7) is 3.07. The van der Waals surface area contributed by atoms with Crippen LogP contribution in [0.4, 0.5) is 13.2 Å². The number of hydrogen-bond acceptors (Lipinski definition) is 3. The smallest absolute Gasteiger partial charge is 0.430 e. The van der Waals surface area contributed by atoms with E-state index in [2.05, 4.69) is 0 Å². The van der Waals surface area contributed by atoms with Gasteiger partial charge in [-0.3, -0.25) is 0 Å². The average Bonchev–Trinajstić information content (AvgIpc) is 2.43. The van der Waals surface area contributed by atoms with Gasteiger partial charge in [-0.1, -0.05) is 25.4 Å². The molecule has 0 aliphatic carbocycles. The Bertz CT molecular complexity index is 680. The lowest BCUT2D eigenvalue weighted by atomic mass is 9.84. The van der Waals surface area contributed by atoms with Crippen LogP contribution < -0.4 is 4.74 Å². The van der Waals surface area contributed by atoms with Crippen molar-refractivity contribution >= 4 is 23.6 Å². The number of carboxylic acids is 1. The summed E-state index contributed by atoms with van der Waals surface area (Å²) >= 11 is 6.11. The van der Waals surface area contributed by atoms with Gasteiger partial charge in [0, 0.05) is 16.0 Å². The molecule has 0 radical (unpaired) electrons. The molecule has 126 valence electrons. The summed E-state index contributed by atoms with van der Waals surface area (Å²) < 4.78 is 44.0. The minimum atomic E-state index is -4.87. The van der Waals surface area contributed by atoms with Crippen LogP contribution in [0.2, 0.25) is 5.02 Å². The molecule has 0 saturated carbocycles. The van der Waals surface area contributed by atoms with Gasteiger partial charge in [0.05, 0.1) is 12.2 Å². The van der Waals surface area contributed by atoms with Crippen LogP contribution in [0.15, 0.2) is 17.7 Å². The van der Waals surface area contributed by atoms with Crippen molar-refractivity contribution in [1.29, 1.82) is 0 Å². The predicted octanol–water partition coefficient (Wildman–Crippen LogP) is 3.40. The molecule has 2 rings (SSSR count). The number of ether oxygens (including phenoxy) is 1. The molecular formula is C15H14ClF3O4. The Morgan fingerprint density at radius 3 is 2.43 bits per heavy atom. The number of aliphatic hydroxyl groups excluding tert-OH is 1. The summed E-state index contributed by atoms with van der Waals surface area (Å²) in [4.78, 5) is 11.1. The molecular weight excluding hydrogens is 337 g/mol. The summed E-state index contributed by atoms with van der Waals surface area (Å²) in [5.74, 6) is -1.84. The fraction of sp³-hybridized carbons (Fsp3) is 0.400. The van der Waals surface area contributed by atoms with Crippen LogP contribution in [0.25, 0.3) is 6.08 Å². The van der Waals surface area contributed by atoms with Gasteiger partial charge in [-0.2, -0.15) is 13.2 Å². The minimum Gasteiger partial charge on any atom is -0.478 e. The highest BCUT2D eigenvalue weighted by molar-refractivity contribution is 6.31. The molecule has 0 amide bonds. The molecule has 0 spiro atoms. The van der Waals surface area contributed by atoms with Gasteiger partial charge in [-0.25, -0.2) is 4.79 Å². The lowest BCUT2D eigenvalue weighted by Crippen LogP contribution is -2.40. The zero-order chi connectivity index (χ0) is 17.6. The van der Waals surface area contributed by atoms with E-state index in [1.165, 1.54) is 12.1 Å². The zero-order valence-electron chi connectivity index (χ0n) is 12.2. The first-order valence-electron chi connectivity index (χ1n) is 6.60. The first-order valence-corrected chi connectivity index (χ1v) is 6.98. The lowest BCUT2D eigenvalue weighted by molar-refractivity contribution is -0.187. The van der Waals surface area contributed by atoms with Gasteiger partial charge < -0.3 is 14.9 Å². The summed E-state index contributed by atoms with van der Waals surface area (Å²) in [5.41, 5.74) is -1.14. The Morgan fingerprint density at radius 2 is 1.96 bits per heavy atom. The highest BCUT2D eigenvalue weighted by Crippen LogP contribution is 2.41. The van der Waals surface area contributed by atoms with Gasteiger partial charge in [-0.05, 0) is 23.8 Å². The number of aliphatic carboxylic acids is 1. The molecule has 8 heteroatoms. The van der Waals surface area contributed by atoms with Gasteiger partial charge in [0.15, 0.2) is 0 Å². The maximum absolute atomic E-state index is 13.0. The van der Waals surface area contributed by atoms with Crippen molar-refractivity contribution in [2.75, 3.05) is 6.61 Å². The number of rotatable bonds is 3. The van der Waals surface area contributed by atoms with Crippen molar-refractivity contribution in [3.05, 3.63) is 33.9 Å². The topological polar surface area (TPSA) is 66.8 Å². The molecule has 1 heterocycles. The molecule has 0 bridgehead atoms. The van der Waals surface area contributed by atoms with Crippen LogP contribution in [-0.2, 0) is 10.2 Å². The second-order valence-electron chi connectivity index (χ2n) is 5.86. The van der Waals surface area contributed by atoms with E-state index in [0.717, 1.165) is 6.08 Å². The van der Waals surface area contributed by atoms with Crippen molar-refractivity contribution in [1.82, 2.24) is 0 Å². The third-order valence-electron chi connectivity index (χ3n) is 3.61. The van der Waals surface area contributed by atoms with Crippen molar-refractivity contribution in [3.63, 3.8) is 0 Å². The van der Waals surface area contributed by atoms with Gasteiger partial charge in [0.1, 0.15) is 5.75 Å². The average molecular weight is 351 g/mol. The normalized spacial score (nSPS) is 18.0. The van der Waals surface area contributed by atoms with Crippen LogP contribution in [-0.4, -0.2) is 35.1 Å². The van der Waals surface area contributed by atoms with E-state index in [1.807, 2.05) is 0 Å². The Hall–Kier alpha value is -1.73. The molecule has 1 aromatic rings. The number of aliphatic hydroxyl groups is 1. The van der Waals surface area contributed by atoms with Crippen LogP contribution in [0.1, 0.15) is 25.0 Å². The number of benzene rings is 1. The van der Waals surface area contributed by atoms with Crippen molar-refractivity contribution in [2.45, 2.75) is 31.5 Å².